The third-order valence-electron chi connectivity index (χ3n) is 4.53. The summed E-state index contributed by atoms with van der Waals surface area (Å²) in [7, 11) is 0. The molecule has 0 N–H and O–H groups in total. The predicted octanol–water partition coefficient (Wildman–Crippen LogP) is 2.88. The standard InChI is InChI=1S/C18H20N4O2/c1-3-24-18(23)14-7-19-22(9-14)11-15-10-21-8-13(16-6-12(16)2)4-5-17(21)20-15/h4-5,7-10,12,16H,3,6,11H2,1-2H3/t12-,16+/m1/s1. The fraction of sp³-hybridized carbons (Fsp3) is 0.389. The Hall–Kier alpha value is -2.63. The maximum absolute atomic E-state index is 11.7. The minimum atomic E-state index is -0.345. The lowest BCUT2D eigenvalue weighted by Crippen LogP contribution is -2.04. The van der Waals surface area contributed by atoms with Gasteiger partial charge in [0.05, 0.1) is 30.6 Å². The Morgan fingerprint density at radius 2 is 2.17 bits per heavy atom. The predicted molar refractivity (Wildman–Crippen MR) is 89.0 cm³/mol. The van der Waals surface area contributed by atoms with Crippen LogP contribution < -0.4 is 0 Å². The van der Waals surface area contributed by atoms with E-state index >= 15 is 0 Å². The molecule has 0 aliphatic heterocycles. The van der Waals surface area contributed by atoms with Gasteiger partial charge in [0.2, 0.25) is 0 Å². The van der Waals surface area contributed by atoms with E-state index in [1.807, 2.05) is 6.20 Å². The third kappa shape index (κ3) is 2.79. The smallest absolute Gasteiger partial charge is 0.341 e. The van der Waals surface area contributed by atoms with Gasteiger partial charge in [-0.25, -0.2) is 9.78 Å². The van der Waals surface area contributed by atoms with Gasteiger partial charge in [-0.1, -0.05) is 13.0 Å². The Morgan fingerprint density at radius 1 is 1.33 bits per heavy atom. The summed E-state index contributed by atoms with van der Waals surface area (Å²) in [5, 5.41) is 4.22. The lowest BCUT2D eigenvalue weighted by atomic mass is 10.1. The van der Waals surface area contributed by atoms with Crippen molar-refractivity contribution in [1.29, 1.82) is 0 Å². The molecule has 24 heavy (non-hydrogen) atoms. The van der Waals surface area contributed by atoms with Gasteiger partial charge in [-0.3, -0.25) is 4.68 Å². The number of nitrogens with zero attached hydrogens (tertiary/aromatic N) is 4. The first kappa shape index (κ1) is 14.9. The number of hydrogen-bond donors (Lipinski definition) is 0. The monoisotopic (exact) mass is 324 g/mol. The van der Waals surface area contributed by atoms with Crippen LogP contribution in [0.2, 0.25) is 0 Å². The van der Waals surface area contributed by atoms with E-state index in [1.165, 1.54) is 18.2 Å². The maximum Gasteiger partial charge on any atom is 0.341 e. The van der Waals surface area contributed by atoms with Crippen LogP contribution in [0, 0.1) is 5.92 Å². The first-order valence-electron chi connectivity index (χ1n) is 8.31. The topological polar surface area (TPSA) is 61.4 Å². The second kappa shape index (κ2) is 5.78. The van der Waals surface area contributed by atoms with Crippen molar-refractivity contribution < 1.29 is 9.53 Å². The molecule has 1 aliphatic carbocycles. The summed E-state index contributed by atoms with van der Waals surface area (Å²) in [5.74, 6) is 1.14. The van der Waals surface area contributed by atoms with Crippen LogP contribution in [0.1, 0.15) is 47.8 Å². The Morgan fingerprint density at radius 3 is 2.92 bits per heavy atom. The van der Waals surface area contributed by atoms with Crippen LogP contribution in [-0.4, -0.2) is 31.7 Å². The van der Waals surface area contributed by atoms with E-state index in [-0.39, 0.29) is 5.97 Å². The highest BCUT2D eigenvalue weighted by Crippen LogP contribution is 2.46. The lowest BCUT2D eigenvalue weighted by Gasteiger charge is -1.99. The van der Waals surface area contributed by atoms with Crippen molar-refractivity contribution in [3.05, 3.63) is 53.7 Å². The molecule has 2 atom stereocenters. The number of carbonyl (C=O) groups excluding carboxylic acids is 1. The van der Waals surface area contributed by atoms with Gasteiger partial charge < -0.3 is 9.14 Å². The highest BCUT2D eigenvalue weighted by atomic mass is 16.5. The van der Waals surface area contributed by atoms with Crippen molar-refractivity contribution in [1.82, 2.24) is 19.2 Å². The number of hydrogen-bond acceptors (Lipinski definition) is 4. The summed E-state index contributed by atoms with van der Waals surface area (Å²) in [5.41, 5.74) is 3.68. The van der Waals surface area contributed by atoms with E-state index in [0.29, 0.717) is 24.6 Å². The van der Waals surface area contributed by atoms with Crippen molar-refractivity contribution in [2.45, 2.75) is 32.7 Å². The quantitative estimate of drug-likeness (QED) is 0.677. The fourth-order valence-electron chi connectivity index (χ4n) is 3.08. The van der Waals surface area contributed by atoms with Gasteiger partial charge in [0, 0.05) is 18.6 Å². The summed E-state index contributed by atoms with van der Waals surface area (Å²) in [6, 6.07) is 4.24. The second-order valence-electron chi connectivity index (χ2n) is 6.43. The van der Waals surface area contributed by atoms with Crippen molar-refractivity contribution >= 4 is 11.6 Å². The summed E-state index contributed by atoms with van der Waals surface area (Å²) in [6.45, 7) is 4.96. The number of pyridine rings is 1. The molecule has 0 aromatic carbocycles. The molecule has 0 amide bonds. The number of ether oxygens (including phenoxy) is 1. The summed E-state index contributed by atoms with van der Waals surface area (Å²) < 4.78 is 8.76. The molecule has 0 radical (unpaired) electrons. The fourth-order valence-corrected chi connectivity index (χ4v) is 3.08. The average molecular weight is 324 g/mol. The molecule has 124 valence electrons. The highest BCUT2D eigenvalue weighted by Gasteiger charge is 2.34. The van der Waals surface area contributed by atoms with Gasteiger partial charge in [0.1, 0.15) is 5.65 Å². The van der Waals surface area contributed by atoms with E-state index in [9.17, 15) is 4.79 Å². The van der Waals surface area contributed by atoms with E-state index in [4.69, 9.17) is 4.74 Å². The Balaban J connectivity index is 1.53. The molecule has 6 nitrogen and oxygen atoms in total. The van der Waals surface area contributed by atoms with Crippen LogP contribution in [0.25, 0.3) is 5.65 Å². The van der Waals surface area contributed by atoms with Crippen LogP contribution in [0.3, 0.4) is 0 Å². The number of imidazole rings is 1. The number of aromatic nitrogens is 4. The van der Waals surface area contributed by atoms with Gasteiger partial charge in [-0.05, 0) is 36.8 Å². The molecule has 1 aliphatic rings. The van der Waals surface area contributed by atoms with Gasteiger partial charge >= 0.3 is 5.97 Å². The van der Waals surface area contributed by atoms with E-state index in [0.717, 1.165) is 17.3 Å². The van der Waals surface area contributed by atoms with Gasteiger partial charge in [0.25, 0.3) is 0 Å². The Bertz CT molecular complexity index is 895. The Kier molecular flexibility index (Phi) is 3.59. The van der Waals surface area contributed by atoms with Crippen LogP contribution >= 0.6 is 0 Å². The van der Waals surface area contributed by atoms with Crippen molar-refractivity contribution in [2.75, 3.05) is 6.61 Å². The molecule has 6 heteroatoms. The first-order chi connectivity index (χ1) is 11.6. The zero-order chi connectivity index (χ0) is 16.7. The zero-order valence-corrected chi connectivity index (χ0v) is 13.8. The van der Waals surface area contributed by atoms with Crippen molar-refractivity contribution in [2.24, 2.45) is 5.92 Å². The molecule has 3 heterocycles. The highest BCUT2D eigenvalue weighted by molar-refractivity contribution is 5.88. The molecule has 1 saturated carbocycles. The number of esters is 1. The number of carbonyl (C=O) groups is 1. The third-order valence-corrected chi connectivity index (χ3v) is 4.53. The normalized spacial score (nSPS) is 19.6. The molecule has 0 spiro atoms. The second-order valence-corrected chi connectivity index (χ2v) is 6.43. The molecule has 0 unspecified atom stereocenters. The van der Waals surface area contributed by atoms with E-state index in [1.54, 1.807) is 17.8 Å². The van der Waals surface area contributed by atoms with Crippen LogP contribution in [-0.2, 0) is 11.3 Å². The molecular weight excluding hydrogens is 304 g/mol. The zero-order valence-electron chi connectivity index (χ0n) is 13.8. The number of rotatable bonds is 5. The average Bonchev–Trinajstić information content (AvgIpc) is 2.98. The lowest BCUT2D eigenvalue weighted by molar-refractivity contribution is 0.0526. The van der Waals surface area contributed by atoms with Gasteiger partial charge in [-0.2, -0.15) is 5.10 Å². The van der Waals surface area contributed by atoms with Crippen LogP contribution in [0.4, 0.5) is 0 Å². The molecule has 1 fully saturated rings. The molecule has 0 bridgehead atoms. The first-order valence-corrected chi connectivity index (χ1v) is 8.31. The van der Waals surface area contributed by atoms with Crippen molar-refractivity contribution in [3.8, 4) is 0 Å². The van der Waals surface area contributed by atoms with Crippen molar-refractivity contribution in [3.63, 3.8) is 0 Å². The van der Waals surface area contributed by atoms with Gasteiger partial charge in [-0.15, -0.1) is 0 Å². The van der Waals surface area contributed by atoms with Gasteiger partial charge in [0.15, 0.2) is 0 Å². The number of fused-ring (bicyclic) bond motifs is 1. The van der Waals surface area contributed by atoms with E-state index in [2.05, 4.69) is 39.7 Å². The molecular formula is C18H20N4O2. The largest absolute Gasteiger partial charge is 0.462 e. The van der Waals surface area contributed by atoms with Crippen LogP contribution in [0.5, 0.6) is 0 Å². The SMILES string of the molecule is CCOC(=O)c1cnn(Cc2cn3cc([C@H]4C[C@H]4C)ccc3n2)c1. The summed E-state index contributed by atoms with van der Waals surface area (Å²) >= 11 is 0. The molecule has 3 aromatic rings. The van der Waals surface area contributed by atoms with E-state index < -0.39 is 0 Å². The molecule has 4 rings (SSSR count). The summed E-state index contributed by atoms with van der Waals surface area (Å²) in [6.07, 6.45) is 8.70. The molecule has 0 saturated heterocycles. The summed E-state index contributed by atoms with van der Waals surface area (Å²) in [4.78, 5) is 16.3. The molecule has 3 aromatic heterocycles. The maximum atomic E-state index is 11.7. The Labute approximate surface area is 140 Å². The minimum absolute atomic E-state index is 0.345. The van der Waals surface area contributed by atoms with Crippen LogP contribution in [0.15, 0.2) is 36.9 Å². The minimum Gasteiger partial charge on any atom is -0.462 e.